The molecule has 1 aliphatic carbocycles. The van der Waals surface area contributed by atoms with E-state index in [9.17, 15) is 8.42 Å². The van der Waals surface area contributed by atoms with Crippen molar-refractivity contribution in [3.8, 4) is 0 Å². The van der Waals surface area contributed by atoms with Crippen molar-refractivity contribution in [2.45, 2.75) is 49.6 Å². The van der Waals surface area contributed by atoms with Gasteiger partial charge in [-0.3, -0.25) is 0 Å². The maximum absolute atomic E-state index is 11.9. The van der Waals surface area contributed by atoms with Gasteiger partial charge in [0.25, 0.3) is 0 Å². The molecule has 6 heteroatoms. The van der Waals surface area contributed by atoms with Gasteiger partial charge in [0.2, 0.25) is 10.0 Å². The first kappa shape index (κ1) is 17.5. The number of rotatable bonds is 3. The summed E-state index contributed by atoms with van der Waals surface area (Å²) in [6.07, 6.45) is 6.40. The van der Waals surface area contributed by atoms with Gasteiger partial charge >= 0.3 is 0 Å². The lowest BCUT2D eigenvalue weighted by atomic mass is 9.74. The molecule has 0 aromatic heterocycles. The average molecular weight is 365 g/mol. The first-order chi connectivity index (χ1) is 12.0. The van der Waals surface area contributed by atoms with Crippen LogP contribution in [0.15, 0.2) is 24.3 Å². The van der Waals surface area contributed by atoms with E-state index in [1.807, 2.05) is 0 Å². The van der Waals surface area contributed by atoms with Crippen LogP contribution >= 0.6 is 0 Å². The Morgan fingerprint density at radius 3 is 2.52 bits per heavy atom. The molecule has 0 amide bonds. The zero-order chi connectivity index (χ0) is 17.5. The number of benzene rings is 1. The van der Waals surface area contributed by atoms with Crippen LogP contribution in [0, 0.1) is 0 Å². The summed E-state index contributed by atoms with van der Waals surface area (Å²) in [7, 11) is -3.08. The second-order valence-electron chi connectivity index (χ2n) is 7.84. The first-order valence-electron chi connectivity index (χ1n) is 9.36. The third-order valence-corrected chi connectivity index (χ3v) is 7.61. The number of ether oxygens (including phenoxy) is 1. The molecule has 5 nitrogen and oxygen atoms in total. The van der Waals surface area contributed by atoms with Crippen molar-refractivity contribution < 1.29 is 13.2 Å². The highest BCUT2D eigenvalue weighted by Gasteiger charge is 2.46. The topological polar surface area (TPSA) is 58.6 Å². The molecule has 2 heterocycles. The van der Waals surface area contributed by atoms with Crippen LogP contribution in [-0.2, 0) is 20.2 Å². The van der Waals surface area contributed by atoms with E-state index in [2.05, 4.69) is 29.6 Å². The molecule has 0 bridgehead atoms. The predicted molar refractivity (Wildman–Crippen MR) is 98.1 cm³/mol. The number of hydrogen-bond acceptors (Lipinski definition) is 4. The highest BCUT2D eigenvalue weighted by atomic mass is 32.2. The van der Waals surface area contributed by atoms with Crippen LogP contribution in [0.2, 0.25) is 0 Å². The highest BCUT2D eigenvalue weighted by Crippen LogP contribution is 2.51. The van der Waals surface area contributed by atoms with Crippen LogP contribution < -0.4 is 5.32 Å². The van der Waals surface area contributed by atoms with E-state index in [-0.39, 0.29) is 5.41 Å². The van der Waals surface area contributed by atoms with Gasteiger partial charge in [-0.15, -0.1) is 0 Å². The Bertz CT molecular complexity index is 720. The molecule has 1 atom stereocenters. The smallest absolute Gasteiger partial charge is 0.211 e. The van der Waals surface area contributed by atoms with Gasteiger partial charge in [-0.2, -0.15) is 0 Å². The van der Waals surface area contributed by atoms with Crippen molar-refractivity contribution in [3.05, 3.63) is 35.4 Å². The van der Waals surface area contributed by atoms with E-state index in [4.69, 9.17) is 4.74 Å². The number of fused-ring (bicyclic) bond motifs is 2. The van der Waals surface area contributed by atoms with Crippen molar-refractivity contribution in [3.63, 3.8) is 0 Å². The van der Waals surface area contributed by atoms with E-state index in [1.54, 1.807) is 4.31 Å². The Morgan fingerprint density at radius 1 is 1.16 bits per heavy atom. The molecule has 1 spiro atoms. The quantitative estimate of drug-likeness (QED) is 0.893. The van der Waals surface area contributed by atoms with Crippen LogP contribution in [0.3, 0.4) is 0 Å². The lowest BCUT2D eigenvalue weighted by Gasteiger charge is -2.39. The van der Waals surface area contributed by atoms with Gasteiger partial charge in [-0.25, -0.2) is 12.7 Å². The summed E-state index contributed by atoms with van der Waals surface area (Å²) in [5, 5.41) is 3.88. The second-order valence-corrected chi connectivity index (χ2v) is 9.82. The van der Waals surface area contributed by atoms with Crippen LogP contribution in [0.4, 0.5) is 0 Å². The minimum absolute atomic E-state index is 0.126. The summed E-state index contributed by atoms with van der Waals surface area (Å²) < 4.78 is 30.9. The predicted octanol–water partition coefficient (Wildman–Crippen LogP) is 2.19. The number of nitrogens with one attached hydrogen (secondary N) is 1. The molecule has 1 unspecified atom stereocenters. The zero-order valence-electron chi connectivity index (χ0n) is 14.9. The Kier molecular flexibility index (Phi) is 4.65. The zero-order valence-corrected chi connectivity index (χ0v) is 15.7. The van der Waals surface area contributed by atoms with Crippen LogP contribution in [0.25, 0.3) is 0 Å². The average Bonchev–Trinajstić information content (AvgIpc) is 2.89. The van der Waals surface area contributed by atoms with Gasteiger partial charge in [-0.05, 0) is 48.6 Å². The molecule has 2 aliphatic heterocycles. The van der Waals surface area contributed by atoms with Gasteiger partial charge in [-0.1, -0.05) is 24.3 Å². The van der Waals surface area contributed by atoms with Crippen molar-refractivity contribution in [2.24, 2.45) is 0 Å². The minimum Gasteiger partial charge on any atom is -0.381 e. The highest BCUT2D eigenvalue weighted by molar-refractivity contribution is 7.88. The summed E-state index contributed by atoms with van der Waals surface area (Å²) in [5.41, 5.74) is 2.98. The number of sulfonamides is 1. The maximum atomic E-state index is 11.9. The van der Waals surface area contributed by atoms with E-state index in [1.165, 1.54) is 17.4 Å². The number of piperidine rings is 1. The lowest BCUT2D eigenvalue weighted by Crippen LogP contribution is -2.44. The largest absolute Gasteiger partial charge is 0.381 e. The fraction of sp³-hybridized carbons (Fsp3) is 0.684. The summed E-state index contributed by atoms with van der Waals surface area (Å²) in [6.45, 7) is 2.97. The third kappa shape index (κ3) is 3.37. The van der Waals surface area contributed by atoms with Crippen LogP contribution in [0.1, 0.15) is 49.3 Å². The maximum Gasteiger partial charge on any atom is 0.211 e. The van der Waals surface area contributed by atoms with Gasteiger partial charge in [0.05, 0.1) is 6.26 Å². The molecule has 0 radical (unpaired) electrons. The molecule has 4 rings (SSSR count). The van der Waals surface area contributed by atoms with Crippen molar-refractivity contribution >= 4 is 10.0 Å². The standard InChI is InChI=1S/C19H28N2O3S/c1-25(22,23)21-10-8-19(9-11-21)14-18(16-4-2-3-5-17(16)19)20-15-6-12-24-13-7-15/h2-5,15,18,20H,6-14H2,1H3. The molecule has 3 aliphatic rings. The molecular formula is C19H28N2O3S. The normalized spacial score (nSPS) is 27.5. The molecule has 25 heavy (non-hydrogen) atoms. The van der Waals surface area contributed by atoms with Gasteiger partial charge in [0.1, 0.15) is 0 Å². The van der Waals surface area contributed by atoms with E-state index >= 15 is 0 Å². The Labute approximate surface area is 150 Å². The monoisotopic (exact) mass is 364 g/mol. The molecule has 2 fully saturated rings. The van der Waals surface area contributed by atoms with Crippen molar-refractivity contribution in [1.29, 1.82) is 0 Å². The lowest BCUT2D eigenvalue weighted by molar-refractivity contribution is 0.0737. The Morgan fingerprint density at radius 2 is 1.84 bits per heavy atom. The molecule has 2 saturated heterocycles. The summed E-state index contributed by atoms with van der Waals surface area (Å²) in [5.74, 6) is 0. The molecule has 0 saturated carbocycles. The summed E-state index contributed by atoms with van der Waals surface area (Å²) >= 11 is 0. The van der Waals surface area contributed by atoms with Crippen molar-refractivity contribution in [2.75, 3.05) is 32.6 Å². The van der Waals surface area contributed by atoms with Gasteiger partial charge in [0.15, 0.2) is 0 Å². The van der Waals surface area contributed by atoms with Gasteiger partial charge < -0.3 is 10.1 Å². The molecular weight excluding hydrogens is 336 g/mol. The van der Waals surface area contributed by atoms with E-state index in [0.29, 0.717) is 25.2 Å². The second kappa shape index (κ2) is 6.65. The minimum atomic E-state index is -3.08. The first-order valence-corrected chi connectivity index (χ1v) is 11.2. The van der Waals surface area contributed by atoms with E-state index in [0.717, 1.165) is 45.3 Å². The summed E-state index contributed by atoms with van der Waals surface area (Å²) in [4.78, 5) is 0. The molecule has 138 valence electrons. The molecule has 1 aromatic rings. The SMILES string of the molecule is CS(=O)(=O)N1CCC2(CC1)CC(NC1CCOCC1)c1ccccc12. The molecule has 1 N–H and O–H groups in total. The Hall–Kier alpha value is -0.950. The number of nitrogens with zero attached hydrogens (tertiary/aromatic N) is 1. The van der Waals surface area contributed by atoms with Crippen molar-refractivity contribution in [1.82, 2.24) is 9.62 Å². The van der Waals surface area contributed by atoms with Crippen LogP contribution in [0.5, 0.6) is 0 Å². The van der Waals surface area contributed by atoms with E-state index < -0.39 is 10.0 Å². The Balaban J connectivity index is 1.54. The fourth-order valence-corrected chi connectivity index (χ4v) is 5.76. The fourth-order valence-electron chi connectivity index (χ4n) is 4.91. The summed E-state index contributed by atoms with van der Waals surface area (Å²) in [6, 6.07) is 9.67. The molecule has 1 aromatic carbocycles. The third-order valence-electron chi connectivity index (χ3n) is 6.31. The number of hydrogen-bond donors (Lipinski definition) is 1. The van der Waals surface area contributed by atoms with Crippen LogP contribution in [-0.4, -0.2) is 51.3 Å². The van der Waals surface area contributed by atoms with Gasteiger partial charge in [0, 0.05) is 38.4 Å².